The number of hydrogen-bond donors (Lipinski definition) is 0. The molecule has 1 atom stereocenters. The predicted octanol–water partition coefficient (Wildman–Crippen LogP) is 3.21. The molecule has 0 bridgehead atoms. The average molecular weight is 355 g/mol. The fourth-order valence-electron chi connectivity index (χ4n) is 3.43. The van der Waals surface area contributed by atoms with Crippen LogP contribution in [-0.2, 0) is 6.54 Å². The molecule has 3 rings (SSSR count). The lowest BCUT2D eigenvalue weighted by Crippen LogP contribution is -2.44. The number of carbonyl (C=O) groups excluding carboxylic acids is 1. The molecule has 6 heteroatoms. The van der Waals surface area contributed by atoms with Crippen molar-refractivity contribution in [1.82, 2.24) is 19.7 Å². The first-order chi connectivity index (χ1) is 12.6. The van der Waals surface area contributed by atoms with Gasteiger partial charge >= 0.3 is 0 Å². The fraction of sp³-hybridized carbons (Fsp3) is 0.550. The van der Waals surface area contributed by atoms with Crippen molar-refractivity contribution in [2.75, 3.05) is 18.5 Å². The van der Waals surface area contributed by atoms with Crippen molar-refractivity contribution in [3.8, 4) is 0 Å². The van der Waals surface area contributed by atoms with Crippen molar-refractivity contribution >= 4 is 11.7 Å². The normalized spacial score (nSPS) is 17.5. The van der Waals surface area contributed by atoms with Gasteiger partial charge in [0.1, 0.15) is 5.82 Å². The maximum absolute atomic E-state index is 13.0. The van der Waals surface area contributed by atoms with Gasteiger partial charge in [-0.2, -0.15) is 5.10 Å². The average Bonchev–Trinajstić information content (AvgIpc) is 3.19. The Balaban J connectivity index is 1.67. The van der Waals surface area contributed by atoms with Crippen LogP contribution in [0.2, 0.25) is 0 Å². The second kappa shape index (κ2) is 8.34. The van der Waals surface area contributed by atoms with E-state index in [1.54, 1.807) is 12.4 Å². The number of carbonyl (C=O) groups is 1. The third-order valence-corrected chi connectivity index (χ3v) is 5.27. The zero-order chi connectivity index (χ0) is 18.5. The van der Waals surface area contributed by atoms with Gasteiger partial charge in [-0.1, -0.05) is 0 Å². The van der Waals surface area contributed by atoms with E-state index in [0.29, 0.717) is 11.6 Å². The molecule has 0 radical (unpaired) electrons. The molecule has 0 spiro atoms. The van der Waals surface area contributed by atoms with Crippen molar-refractivity contribution in [3.63, 3.8) is 0 Å². The molecule has 140 valence electrons. The van der Waals surface area contributed by atoms with Crippen LogP contribution in [0.3, 0.4) is 0 Å². The Morgan fingerprint density at radius 3 is 2.85 bits per heavy atom. The number of amides is 1. The molecule has 0 aromatic carbocycles. The summed E-state index contributed by atoms with van der Waals surface area (Å²) in [6, 6.07) is 6.43. The van der Waals surface area contributed by atoms with Crippen molar-refractivity contribution in [2.24, 2.45) is 0 Å². The molecule has 1 saturated heterocycles. The molecule has 26 heavy (non-hydrogen) atoms. The number of anilines is 1. The number of pyridine rings is 1. The summed E-state index contributed by atoms with van der Waals surface area (Å²) in [4.78, 5) is 21.7. The molecule has 1 fully saturated rings. The molecule has 2 aromatic rings. The lowest BCUT2D eigenvalue weighted by atomic mass is 9.98. The molecule has 1 aliphatic rings. The maximum atomic E-state index is 13.0. The summed E-state index contributed by atoms with van der Waals surface area (Å²) in [7, 11) is 2.02. The van der Waals surface area contributed by atoms with Crippen LogP contribution in [0.5, 0.6) is 0 Å². The van der Waals surface area contributed by atoms with Gasteiger partial charge in [-0.05, 0) is 57.7 Å². The van der Waals surface area contributed by atoms with Gasteiger partial charge in [-0.3, -0.25) is 9.48 Å². The number of rotatable bonds is 6. The van der Waals surface area contributed by atoms with Crippen LogP contribution < -0.4 is 4.90 Å². The Labute approximate surface area is 155 Å². The van der Waals surface area contributed by atoms with Crippen LogP contribution in [0.25, 0.3) is 0 Å². The highest BCUT2D eigenvalue weighted by molar-refractivity contribution is 5.94. The highest BCUT2D eigenvalue weighted by Crippen LogP contribution is 2.23. The Hall–Kier alpha value is -2.37. The van der Waals surface area contributed by atoms with E-state index in [1.807, 2.05) is 41.0 Å². The van der Waals surface area contributed by atoms with Gasteiger partial charge in [0, 0.05) is 50.8 Å². The molecule has 0 saturated carbocycles. The zero-order valence-corrected chi connectivity index (χ0v) is 16.0. The van der Waals surface area contributed by atoms with Crippen LogP contribution in [0.1, 0.15) is 49.9 Å². The summed E-state index contributed by atoms with van der Waals surface area (Å²) in [5.41, 5.74) is 0.678. The van der Waals surface area contributed by atoms with E-state index in [0.717, 1.165) is 38.2 Å². The summed E-state index contributed by atoms with van der Waals surface area (Å²) < 4.78 is 1.94. The summed E-state index contributed by atoms with van der Waals surface area (Å²) >= 11 is 0. The molecule has 0 unspecified atom stereocenters. The molecule has 6 nitrogen and oxygen atoms in total. The summed E-state index contributed by atoms with van der Waals surface area (Å²) in [6.07, 6.45) is 9.75. The van der Waals surface area contributed by atoms with Gasteiger partial charge in [0.05, 0.1) is 5.56 Å². The van der Waals surface area contributed by atoms with Crippen molar-refractivity contribution in [3.05, 3.63) is 42.4 Å². The van der Waals surface area contributed by atoms with E-state index < -0.39 is 0 Å². The molecular formula is C20H29N5O. The van der Waals surface area contributed by atoms with Crippen LogP contribution in [-0.4, -0.2) is 51.2 Å². The molecule has 3 heterocycles. The zero-order valence-electron chi connectivity index (χ0n) is 16.0. The highest BCUT2D eigenvalue weighted by Gasteiger charge is 2.27. The molecule has 2 aromatic heterocycles. The smallest absolute Gasteiger partial charge is 0.255 e. The van der Waals surface area contributed by atoms with E-state index in [-0.39, 0.29) is 11.9 Å². The lowest BCUT2D eigenvalue weighted by molar-refractivity contribution is 0.0593. The maximum Gasteiger partial charge on any atom is 0.255 e. The third-order valence-electron chi connectivity index (χ3n) is 5.27. The SMILES string of the molecule is CC(C)N(C)c1ccc(C(=O)N2CCCC[C@H]2CCn2cccn2)cn1. The Morgan fingerprint density at radius 1 is 1.35 bits per heavy atom. The first-order valence-electron chi connectivity index (χ1n) is 9.53. The van der Waals surface area contributed by atoms with Crippen molar-refractivity contribution in [1.29, 1.82) is 0 Å². The monoisotopic (exact) mass is 355 g/mol. The molecule has 1 aliphatic heterocycles. The number of nitrogens with zero attached hydrogens (tertiary/aromatic N) is 5. The minimum Gasteiger partial charge on any atom is -0.357 e. The summed E-state index contributed by atoms with van der Waals surface area (Å²) in [5, 5.41) is 4.27. The summed E-state index contributed by atoms with van der Waals surface area (Å²) in [6.45, 7) is 5.92. The molecule has 0 N–H and O–H groups in total. The second-order valence-corrected chi connectivity index (χ2v) is 7.32. The van der Waals surface area contributed by atoms with Gasteiger partial charge < -0.3 is 9.80 Å². The topological polar surface area (TPSA) is 54.3 Å². The van der Waals surface area contributed by atoms with Crippen LogP contribution in [0, 0.1) is 0 Å². The van der Waals surface area contributed by atoms with E-state index in [1.165, 1.54) is 6.42 Å². The first-order valence-corrected chi connectivity index (χ1v) is 9.53. The van der Waals surface area contributed by atoms with Gasteiger partial charge in [-0.25, -0.2) is 4.98 Å². The first kappa shape index (κ1) is 18.4. The standard InChI is InChI=1S/C20H29N5O/c1-16(2)23(3)19-9-8-17(15-21-19)20(26)25-13-5-4-7-18(25)10-14-24-12-6-11-22-24/h6,8-9,11-12,15-16,18H,4-5,7,10,13-14H2,1-3H3/t18-/m0/s1. The van der Waals surface area contributed by atoms with Crippen molar-refractivity contribution in [2.45, 2.75) is 58.2 Å². The minimum absolute atomic E-state index is 0.0985. The Kier molecular flexibility index (Phi) is 5.91. The van der Waals surface area contributed by atoms with E-state index in [4.69, 9.17) is 0 Å². The Morgan fingerprint density at radius 2 is 2.19 bits per heavy atom. The van der Waals surface area contributed by atoms with Crippen LogP contribution in [0.4, 0.5) is 5.82 Å². The number of likely N-dealkylation sites (tertiary alicyclic amines) is 1. The van der Waals surface area contributed by atoms with Gasteiger partial charge in [0.25, 0.3) is 5.91 Å². The quantitative estimate of drug-likeness (QED) is 0.798. The van der Waals surface area contributed by atoms with Gasteiger partial charge in [0.2, 0.25) is 0 Å². The highest BCUT2D eigenvalue weighted by atomic mass is 16.2. The third kappa shape index (κ3) is 4.23. The lowest BCUT2D eigenvalue weighted by Gasteiger charge is -2.36. The van der Waals surface area contributed by atoms with Crippen molar-refractivity contribution < 1.29 is 4.79 Å². The minimum atomic E-state index is 0.0985. The van der Waals surface area contributed by atoms with Crippen LogP contribution in [0.15, 0.2) is 36.8 Å². The van der Waals surface area contributed by atoms with Gasteiger partial charge in [0.15, 0.2) is 0 Å². The predicted molar refractivity (Wildman–Crippen MR) is 103 cm³/mol. The number of piperidine rings is 1. The van der Waals surface area contributed by atoms with E-state index in [2.05, 4.69) is 28.8 Å². The fourth-order valence-corrected chi connectivity index (χ4v) is 3.43. The second-order valence-electron chi connectivity index (χ2n) is 7.32. The number of hydrogen-bond acceptors (Lipinski definition) is 4. The van der Waals surface area contributed by atoms with Gasteiger partial charge in [-0.15, -0.1) is 0 Å². The van der Waals surface area contributed by atoms with E-state index in [9.17, 15) is 4.79 Å². The number of aromatic nitrogens is 3. The van der Waals surface area contributed by atoms with E-state index >= 15 is 0 Å². The van der Waals surface area contributed by atoms with Crippen LogP contribution >= 0.6 is 0 Å². The number of aryl methyl sites for hydroxylation is 1. The molecule has 1 amide bonds. The Bertz CT molecular complexity index is 696. The molecule has 0 aliphatic carbocycles. The summed E-state index contributed by atoms with van der Waals surface area (Å²) in [5.74, 6) is 0.992. The largest absolute Gasteiger partial charge is 0.357 e. The molecular weight excluding hydrogens is 326 g/mol.